The van der Waals surface area contributed by atoms with Gasteiger partial charge >= 0.3 is 0 Å². The quantitative estimate of drug-likeness (QED) is 0.662. The zero-order valence-corrected chi connectivity index (χ0v) is 11.4. The molecular formula is C11H16BrN3O3. The summed E-state index contributed by atoms with van der Waals surface area (Å²) in [5.74, 6) is 0.239. The molecule has 0 aliphatic rings. The van der Waals surface area contributed by atoms with E-state index in [0.717, 1.165) is 4.47 Å². The molecule has 0 saturated heterocycles. The third kappa shape index (κ3) is 5.54. The Morgan fingerprint density at radius 3 is 2.50 bits per heavy atom. The van der Waals surface area contributed by atoms with E-state index in [0.29, 0.717) is 18.9 Å². The van der Waals surface area contributed by atoms with Crippen LogP contribution >= 0.6 is 15.9 Å². The molecule has 0 aromatic carbocycles. The van der Waals surface area contributed by atoms with Crippen LogP contribution in [0, 0.1) is 0 Å². The lowest BCUT2D eigenvalue weighted by molar-refractivity contribution is -0.117. The molecule has 1 aromatic rings. The molecule has 1 rings (SSSR count). The SMILES string of the molecule is O=C(CN(CCO)CCO)Nc1ccc(Br)cn1. The van der Waals surface area contributed by atoms with Gasteiger partial charge in [0.15, 0.2) is 0 Å². The molecule has 0 aliphatic carbocycles. The Morgan fingerprint density at radius 1 is 1.33 bits per heavy atom. The number of amides is 1. The van der Waals surface area contributed by atoms with Crippen LogP contribution in [0.4, 0.5) is 5.82 Å². The summed E-state index contributed by atoms with van der Waals surface area (Å²) in [6, 6.07) is 3.46. The highest BCUT2D eigenvalue weighted by molar-refractivity contribution is 9.10. The van der Waals surface area contributed by atoms with Crippen LogP contribution in [-0.2, 0) is 4.79 Å². The summed E-state index contributed by atoms with van der Waals surface area (Å²) in [5, 5.41) is 20.3. The summed E-state index contributed by atoms with van der Waals surface area (Å²) in [5.41, 5.74) is 0. The van der Waals surface area contributed by atoms with Gasteiger partial charge in [0.25, 0.3) is 0 Å². The van der Waals surface area contributed by atoms with Crippen molar-refractivity contribution in [2.24, 2.45) is 0 Å². The average molecular weight is 318 g/mol. The number of rotatable bonds is 7. The van der Waals surface area contributed by atoms with Gasteiger partial charge in [-0.3, -0.25) is 9.69 Å². The normalized spacial score (nSPS) is 10.7. The van der Waals surface area contributed by atoms with Crippen molar-refractivity contribution in [3.8, 4) is 0 Å². The van der Waals surface area contributed by atoms with Crippen molar-refractivity contribution in [3.05, 3.63) is 22.8 Å². The molecule has 7 heteroatoms. The molecule has 0 radical (unpaired) electrons. The van der Waals surface area contributed by atoms with Crippen LogP contribution in [0.3, 0.4) is 0 Å². The number of hydrogen-bond donors (Lipinski definition) is 3. The van der Waals surface area contributed by atoms with Gasteiger partial charge < -0.3 is 15.5 Å². The molecule has 3 N–H and O–H groups in total. The average Bonchev–Trinajstić information content (AvgIpc) is 2.33. The summed E-state index contributed by atoms with van der Waals surface area (Å²) in [7, 11) is 0. The molecule has 18 heavy (non-hydrogen) atoms. The minimum Gasteiger partial charge on any atom is -0.395 e. The smallest absolute Gasteiger partial charge is 0.239 e. The van der Waals surface area contributed by atoms with Gasteiger partial charge in [0, 0.05) is 23.8 Å². The van der Waals surface area contributed by atoms with Crippen molar-refractivity contribution in [1.29, 1.82) is 0 Å². The lowest BCUT2D eigenvalue weighted by Gasteiger charge is -2.19. The largest absolute Gasteiger partial charge is 0.395 e. The maximum atomic E-state index is 11.7. The summed E-state index contributed by atoms with van der Waals surface area (Å²) in [6.07, 6.45) is 1.59. The molecule has 0 spiro atoms. The Labute approximate surface area is 114 Å². The number of anilines is 1. The van der Waals surface area contributed by atoms with Crippen molar-refractivity contribution < 1.29 is 15.0 Å². The molecule has 0 saturated carbocycles. The second kappa shape index (κ2) is 8.15. The highest BCUT2D eigenvalue weighted by Crippen LogP contribution is 2.10. The van der Waals surface area contributed by atoms with E-state index in [2.05, 4.69) is 26.2 Å². The first kappa shape index (κ1) is 15.0. The van der Waals surface area contributed by atoms with Gasteiger partial charge in [-0.25, -0.2) is 4.98 Å². The topological polar surface area (TPSA) is 85.7 Å². The maximum Gasteiger partial charge on any atom is 0.239 e. The van der Waals surface area contributed by atoms with Gasteiger partial charge in [-0.05, 0) is 28.1 Å². The molecule has 1 aromatic heterocycles. The van der Waals surface area contributed by atoms with Gasteiger partial charge in [-0.1, -0.05) is 0 Å². The molecular weight excluding hydrogens is 302 g/mol. The number of aromatic nitrogens is 1. The van der Waals surface area contributed by atoms with Crippen LogP contribution in [0.1, 0.15) is 0 Å². The third-order valence-electron chi connectivity index (χ3n) is 2.19. The molecule has 1 heterocycles. The molecule has 0 atom stereocenters. The van der Waals surface area contributed by atoms with Crippen LogP contribution in [0.2, 0.25) is 0 Å². The summed E-state index contributed by atoms with van der Waals surface area (Å²) in [4.78, 5) is 17.4. The van der Waals surface area contributed by atoms with Crippen LogP contribution in [0.25, 0.3) is 0 Å². The van der Waals surface area contributed by atoms with Crippen LogP contribution in [0.15, 0.2) is 22.8 Å². The number of carbonyl (C=O) groups excluding carboxylic acids is 1. The number of aliphatic hydroxyl groups excluding tert-OH is 2. The maximum absolute atomic E-state index is 11.7. The van der Waals surface area contributed by atoms with E-state index in [9.17, 15) is 4.79 Å². The summed E-state index contributed by atoms with van der Waals surface area (Å²) >= 11 is 3.25. The van der Waals surface area contributed by atoms with Crippen LogP contribution in [0.5, 0.6) is 0 Å². The Morgan fingerprint density at radius 2 is 2.00 bits per heavy atom. The fourth-order valence-electron chi connectivity index (χ4n) is 1.39. The molecule has 0 aliphatic heterocycles. The van der Waals surface area contributed by atoms with E-state index in [-0.39, 0.29) is 25.7 Å². The van der Waals surface area contributed by atoms with Crippen molar-refractivity contribution in [3.63, 3.8) is 0 Å². The predicted molar refractivity (Wildman–Crippen MR) is 71.2 cm³/mol. The second-order valence-corrected chi connectivity index (χ2v) is 4.55. The number of pyridine rings is 1. The Balaban J connectivity index is 2.46. The monoisotopic (exact) mass is 317 g/mol. The first-order valence-electron chi connectivity index (χ1n) is 5.51. The Kier molecular flexibility index (Phi) is 6.81. The van der Waals surface area contributed by atoms with Gasteiger partial charge in [0.1, 0.15) is 5.82 Å². The van der Waals surface area contributed by atoms with Crippen LogP contribution in [-0.4, -0.2) is 58.9 Å². The number of hydrogen-bond acceptors (Lipinski definition) is 5. The van der Waals surface area contributed by atoms with E-state index in [1.807, 2.05) is 0 Å². The molecule has 0 unspecified atom stereocenters. The Bertz CT molecular complexity index is 366. The van der Waals surface area contributed by atoms with E-state index in [1.165, 1.54) is 0 Å². The molecule has 0 bridgehead atoms. The van der Waals surface area contributed by atoms with E-state index < -0.39 is 0 Å². The van der Waals surface area contributed by atoms with Crippen LogP contribution < -0.4 is 5.32 Å². The number of aliphatic hydroxyl groups is 2. The fourth-order valence-corrected chi connectivity index (χ4v) is 1.62. The fraction of sp³-hybridized carbons (Fsp3) is 0.455. The zero-order valence-electron chi connectivity index (χ0n) is 9.84. The lowest BCUT2D eigenvalue weighted by Crippen LogP contribution is -2.37. The first-order chi connectivity index (χ1) is 8.65. The van der Waals surface area contributed by atoms with Gasteiger partial charge in [-0.2, -0.15) is 0 Å². The summed E-state index contributed by atoms with van der Waals surface area (Å²) < 4.78 is 0.836. The lowest BCUT2D eigenvalue weighted by atomic mass is 10.4. The minimum atomic E-state index is -0.230. The van der Waals surface area contributed by atoms with Crippen molar-refractivity contribution >= 4 is 27.7 Å². The van der Waals surface area contributed by atoms with Crippen molar-refractivity contribution in [2.75, 3.05) is 38.2 Å². The number of carbonyl (C=O) groups is 1. The molecule has 100 valence electrons. The Hall–Kier alpha value is -1.02. The first-order valence-corrected chi connectivity index (χ1v) is 6.30. The number of nitrogens with one attached hydrogen (secondary N) is 1. The third-order valence-corrected chi connectivity index (χ3v) is 2.66. The van der Waals surface area contributed by atoms with Crippen molar-refractivity contribution in [1.82, 2.24) is 9.88 Å². The number of nitrogens with zero attached hydrogens (tertiary/aromatic N) is 2. The highest BCUT2D eigenvalue weighted by atomic mass is 79.9. The van der Waals surface area contributed by atoms with Crippen molar-refractivity contribution in [2.45, 2.75) is 0 Å². The number of halogens is 1. The van der Waals surface area contributed by atoms with E-state index in [1.54, 1.807) is 23.2 Å². The second-order valence-electron chi connectivity index (χ2n) is 3.63. The molecule has 1 amide bonds. The highest BCUT2D eigenvalue weighted by Gasteiger charge is 2.10. The predicted octanol–water partition coefficient (Wildman–Crippen LogP) is 0.0692. The van der Waals surface area contributed by atoms with Gasteiger partial charge in [0.2, 0.25) is 5.91 Å². The van der Waals surface area contributed by atoms with E-state index >= 15 is 0 Å². The zero-order chi connectivity index (χ0) is 13.4. The molecule has 6 nitrogen and oxygen atoms in total. The van der Waals surface area contributed by atoms with Gasteiger partial charge in [0.05, 0.1) is 19.8 Å². The minimum absolute atomic E-state index is 0.0518. The standard InChI is InChI=1S/C11H16BrN3O3/c12-9-1-2-10(13-7-9)14-11(18)8-15(3-5-16)4-6-17/h1-2,7,16-17H,3-6,8H2,(H,13,14,18). The van der Waals surface area contributed by atoms with E-state index in [4.69, 9.17) is 10.2 Å². The van der Waals surface area contributed by atoms with Gasteiger partial charge in [-0.15, -0.1) is 0 Å². The summed E-state index contributed by atoms with van der Waals surface area (Å²) in [6.45, 7) is 0.704. The molecule has 0 fully saturated rings.